The van der Waals surface area contributed by atoms with E-state index >= 15 is 0 Å². The third-order valence-corrected chi connectivity index (χ3v) is 3.75. The summed E-state index contributed by atoms with van der Waals surface area (Å²) in [5, 5.41) is 9.06. The van der Waals surface area contributed by atoms with Gasteiger partial charge in [0.1, 0.15) is 5.82 Å². The van der Waals surface area contributed by atoms with E-state index in [0.29, 0.717) is 6.54 Å². The summed E-state index contributed by atoms with van der Waals surface area (Å²) >= 11 is 1.57. The molecule has 0 radical (unpaired) electrons. The molecule has 96 valence electrons. The fraction of sp³-hybridized carbons (Fsp3) is 0.154. The predicted octanol–water partition coefficient (Wildman–Crippen LogP) is 2.55. The Bertz CT molecular complexity index is 747. The lowest BCUT2D eigenvalue weighted by atomic mass is 10.2. The molecule has 0 aliphatic rings. The van der Waals surface area contributed by atoms with Crippen LogP contribution < -0.4 is 0 Å². The number of rotatable bonds is 3. The van der Waals surface area contributed by atoms with Gasteiger partial charge in [-0.15, -0.1) is 11.3 Å². The van der Waals surface area contributed by atoms with Crippen LogP contribution in [-0.4, -0.2) is 25.6 Å². The van der Waals surface area contributed by atoms with Gasteiger partial charge in [0.25, 0.3) is 0 Å². The van der Waals surface area contributed by atoms with Crippen molar-refractivity contribution in [1.82, 2.24) is 14.5 Å². The van der Waals surface area contributed by atoms with E-state index in [9.17, 15) is 4.79 Å². The largest absolute Gasteiger partial charge is 0.478 e. The third-order valence-electron chi connectivity index (χ3n) is 2.98. The lowest BCUT2D eigenvalue weighted by Crippen LogP contribution is -2.02. The molecule has 3 rings (SSSR count). The summed E-state index contributed by atoms with van der Waals surface area (Å²) < 4.78 is 2.01. The van der Waals surface area contributed by atoms with Crippen LogP contribution >= 0.6 is 11.3 Å². The highest BCUT2D eigenvalue weighted by Crippen LogP contribution is 2.20. The van der Waals surface area contributed by atoms with Crippen molar-refractivity contribution in [2.75, 3.05) is 0 Å². The molecule has 19 heavy (non-hydrogen) atoms. The number of fused-ring (bicyclic) bond motifs is 1. The number of aromatic carboxylic acids is 1. The summed E-state index contributed by atoms with van der Waals surface area (Å²) in [5.74, 6) is -0.0592. The maximum Gasteiger partial charge on any atom is 0.335 e. The van der Waals surface area contributed by atoms with Crippen LogP contribution in [0.4, 0.5) is 0 Å². The minimum atomic E-state index is -0.926. The molecule has 0 aliphatic carbocycles. The number of benzene rings is 1. The molecule has 1 N–H and O–H groups in total. The van der Waals surface area contributed by atoms with Crippen LogP contribution in [0, 0.1) is 6.92 Å². The summed E-state index contributed by atoms with van der Waals surface area (Å²) in [6, 6.07) is 4.99. The van der Waals surface area contributed by atoms with Crippen molar-refractivity contribution >= 4 is 28.3 Å². The first-order chi connectivity index (χ1) is 9.15. The Morgan fingerprint density at radius 3 is 3.00 bits per heavy atom. The molecule has 6 heteroatoms. The lowest BCUT2D eigenvalue weighted by Gasteiger charge is -2.05. The van der Waals surface area contributed by atoms with Crippen molar-refractivity contribution in [3.8, 4) is 0 Å². The van der Waals surface area contributed by atoms with Crippen molar-refractivity contribution in [2.45, 2.75) is 13.5 Å². The fourth-order valence-corrected chi connectivity index (χ4v) is 2.63. The maximum absolute atomic E-state index is 11.0. The van der Waals surface area contributed by atoms with E-state index in [1.165, 1.54) is 0 Å². The van der Waals surface area contributed by atoms with E-state index in [2.05, 4.69) is 9.97 Å². The Balaban J connectivity index is 2.14. The summed E-state index contributed by atoms with van der Waals surface area (Å²) in [6.45, 7) is 2.58. The lowest BCUT2D eigenvalue weighted by molar-refractivity contribution is 0.0697. The molecule has 0 spiro atoms. The molecule has 1 aromatic carbocycles. The topological polar surface area (TPSA) is 68.0 Å². The Morgan fingerprint density at radius 2 is 2.32 bits per heavy atom. The molecule has 0 amide bonds. The van der Waals surface area contributed by atoms with Crippen LogP contribution in [0.1, 0.15) is 21.1 Å². The monoisotopic (exact) mass is 273 g/mol. The van der Waals surface area contributed by atoms with Crippen molar-refractivity contribution in [3.05, 3.63) is 46.2 Å². The number of aromatic nitrogens is 3. The zero-order valence-electron chi connectivity index (χ0n) is 10.2. The highest BCUT2D eigenvalue weighted by Gasteiger charge is 2.11. The van der Waals surface area contributed by atoms with Gasteiger partial charge < -0.3 is 9.67 Å². The van der Waals surface area contributed by atoms with Gasteiger partial charge in [-0.05, 0) is 25.1 Å². The van der Waals surface area contributed by atoms with Crippen molar-refractivity contribution in [3.63, 3.8) is 0 Å². The number of imidazole rings is 1. The fourth-order valence-electron chi connectivity index (χ4n) is 2.05. The molecule has 0 unspecified atom stereocenters. The molecule has 0 atom stereocenters. The molecule has 0 saturated heterocycles. The van der Waals surface area contributed by atoms with Gasteiger partial charge >= 0.3 is 5.97 Å². The van der Waals surface area contributed by atoms with Crippen LogP contribution in [0.25, 0.3) is 11.0 Å². The van der Waals surface area contributed by atoms with Crippen molar-refractivity contribution < 1.29 is 9.90 Å². The minimum Gasteiger partial charge on any atom is -0.478 e. The molecule has 2 aromatic heterocycles. The second-order valence-electron chi connectivity index (χ2n) is 4.22. The smallest absolute Gasteiger partial charge is 0.335 e. The summed E-state index contributed by atoms with van der Waals surface area (Å²) in [5.41, 5.74) is 3.71. The number of thiazole rings is 1. The second-order valence-corrected chi connectivity index (χ2v) is 5.19. The SMILES string of the molecule is Cc1nc2ccc(C(=O)O)cc2n1Cc1cncs1. The number of hydrogen-bond acceptors (Lipinski definition) is 4. The van der Waals surface area contributed by atoms with Gasteiger partial charge in [0.15, 0.2) is 0 Å². The summed E-state index contributed by atoms with van der Waals surface area (Å²) in [4.78, 5) is 20.7. The average molecular weight is 273 g/mol. The molecule has 5 nitrogen and oxygen atoms in total. The number of hydrogen-bond donors (Lipinski definition) is 1. The number of carbonyl (C=O) groups is 1. The molecule has 0 fully saturated rings. The number of aryl methyl sites for hydroxylation is 1. The first-order valence-corrected chi connectivity index (χ1v) is 6.60. The number of carboxylic acids is 1. The average Bonchev–Trinajstić information content (AvgIpc) is 2.98. The van der Waals surface area contributed by atoms with E-state index in [1.807, 2.05) is 17.7 Å². The predicted molar refractivity (Wildman–Crippen MR) is 72.6 cm³/mol. The number of carboxylic acid groups (broad SMARTS) is 1. The zero-order chi connectivity index (χ0) is 13.4. The zero-order valence-corrected chi connectivity index (χ0v) is 11.0. The van der Waals surface area contributed by atoms with E-state index in [1.54, 1.807) is 35.0 Å². The highest BCUT2D eigenvalue weighted by atomic mass is 32.1. The molecule has 0 bridgehead atoms. The van der Waals surface area contributed by atoms with E-state index in [0.717, 1.165) is 21.7 Å². The van der Waals surface area contributed by atoms with Crippen LogP contribution in [0.5, 0.6) is 0 Å². The van der Waals surface area contributed by atoms with E-state index in [4.69, 9.17) is 5.11 Å². The first kappa shape index (κ1) is 11.9. The van der Waals surface area contributed by atoms with Crippen molar-refractivity contribution in [2.24, 2.45) is 0 Å². The molecule has 0 saturated carbocycles. The van der Waals surface area contributed by atoms with Gasteiger partial charge in [-0.2, -0.15) is 0 Å². The molecule has 2 heterocycles. The summed E-state index contributed by atoms with van der Waals surface area (Å²) in [7, 11) is 0. The molecule has 0 aliphatic heterocycles. The maximum atomic E-state index is 11.0. The highest BCUT2D eigenvalue weighted by molar-refractivity contribution is 7.09. The molecular weight excluding hydrogens is 262 g/mol. The second kappa shape index (κ2) is 4.47. The van der Waals surface area contributed by atoms with Gasteiger partial charge in [-0.3, -0.25) is 4.98 Å². The van der Waals surface area contributed by atoms with Crippen LogP contribution in [0.2, 0.25) is 0 Å². The van der Waals surface area contributed by atoms with E-state index in [-0.39, 0.29) is 5.56 Å². The van der Waals surface area contributed by atoms with Crippen LogP contribution in [-0.2, 0) is 6.54 Å². The Morgan fingerprint density at radius 1 is 1.47 bits per heavy atom. The van der Waals surface area contributed by atoms with Gasteiger partial charge in [-0.1, -0.05) is 0 Å². The van der Waals surface area contributed by atoms with Gasteiger partial charge in [0.05, 0.1) is 28.7 Å². The minimum absolute atomic E-state index is 0.276. The standard InChI is InChI=1S/C13H11N3O2S/c1-8-15-11-3-2-9(13(17)18)4-12(11)16(8)6-10-5-14-7-19-10/h2-5,7H,6H2,1H3,(H,17,18). The Kier molecular flexibility index (Phi) is 2.79. The van der Waals surface area contributed by atoms with Crippen LogP contribution in [0.15, 0.2) is 29.9 Å². The molecule has 3 aromatic rings. The Hall–Kier alpha value is -2.21. The normalized spacial score (nSPS) is 11.0. The first-order valence-electron chi connectivity index (χ1n) is 5.72. The summed E-state index contributed by atoms with van der Waals surface area (Å²) in [6.07, 6.45) is 1.82. The number of nitrogens with zero attached hydrogens (tertiary/aromatic N) is 3. The third kappa shape index (κ3) is 2.10. The van der Waals surface area contributed by atoms with Gasteiger partial charge in [0.2, 0.25) is 0 Å². The Labute approximate surface area is 113 Å². The van der Waals surface area contributed by atoms with E-state index < -0.39 is 5.97 Å². The van der Waals surface area contributed by atoms with Crippen LogP contribution in [0.3, 0.4) is 0 Å². The quantitative estimate of drug-likeness (QED) is 0.796. The van der Waals surface area contributed by atoms with Gasteiger partial charge in [0, 0.05) is 11.1 Å². The molecular formula is C13H11N3O2S. The van der Waals surface area contributed by atoms with Gasteiger partial charge in [-0.25, -0.2) is 9.78 Å². The van der Waals surface area contributed by atoms with Crippen molar-refractivity contribution in [1.29, 1.82) is 0 Å².